The summed E-state index contributed by atoms with van der Waals surface area (Å²) in [5, 5.41) is 8.03. The first-order valence-corrected chi connectivity index (χ1v) is 3.92. The van der Waals surface area contributed by atoms with Crippen LogP contribution in [0.25, 0.3) is 0 Å². The van der Waals surface area contributed by atoms with E-state index in [-0.39, 0.29) is 0 Å². The largest absolute Gasteiger partial charge is 0.479 e. The molecule has 0 fully saturated rings. The van der Waals surface area contributed by atoms with E-state index in [1.165, 1.54) is 0 Å². The van der Waals surface area contributed by atoms with Crippen LogP contribution in [0.1, 0.15) is 0 Å². The molecule has 0 heterocycles. The molecule has 3 N–H and O–H groups in total. The van der Waals surface area contributed by atoms with Gasteiger partial charge >= 0.3 is 13.8 Å². The van der Waals surface area contributed by atoms with Gasteiger partial charge in [-0.1, -0.05) is 0 Å². The Labute approximate surface area is 60.8 Å². The van der Waals surface area contributed by atoms with Crippen molar-refractivity contribution in [3.05, 3.63) is 0 Å². The number of halogens is 1. The molecule has 0 saturated carbocycles. The summed E-state index contributed by atoms with van der Waals surface area (Å²) in [5.74, 6) is -1.75. The Kier molecular flexibility index (Phi) is 3.61. The van der Waals surface area contributed by atoms with Gasteiger partial charge in [0.1, 0.15) is 6.67 Å². The Hall–Kier alpha value is -0.490. The number of hydrogen-bond acceptors (Lipinski definition) is 3. The summed E-state index contributed by atoms with van der Waals surface area (Å²) < 4.78 is 25.1. The van der Waals surface area contributed by atoms with Crippen LogP contribution in [0.5, 0.6) is 0 Å². The SMILES string of the molecule is O=C(O)C(CF)OP(=O)(O)O. The van der Waals surface area contributed by atoms with E-state index in [2.05, 4.69) is 4.52 Å². The second-order valence-corrected chi connectivity index (χ2v) is 2.77. The molecule has 0 aliphatic heterocycles. The molecule has 11 heavy (non-hydrogen) atoms. The highest BCUT2D eigenvalue weighted by molar-refractivity contribution is 7.46. The van der Waals surface area contributed by atoms with E-state index >= 15 is 0 Å². The molecule has 1 unspecified atom stereocenters. The third-order valence-corrected chi connectivity index (χ3v) is 1.21. The van der Waals surface area contributed by atoms with Crippen molar-refractivity contribution in [2.45, 2.75) is 6.10 Å². The molecule has 8 heteroatoms. The van der Waals surface area contributed by atoms with Crippen molar-refractivity contribution >= 4 is 13.8 Å². The zero-order chi connectivity index (χ0) is 9.07. The highest BCUT2D eigenvalue weighted by Crippen LogP contribution is 2.37. The van der Waals surface area contributed by atoms with Crippen LogP contribution in [0.4, 0.5) is 4.39 Å². The first-order chi connectivity index (χ1) is 4.87. The zero-order valence-corrected chi connectivity index (χ0v) is 6.07. The van der Waals surface area contributed by atoms with E-state index in [0.717, 1.165) is 0 Å². The van der Waals surface area contributed by atoms with Crippen LogP contribution in [-0.4, -0.2) is 33.6 Å². The second-order valence-electron chi connectivity index (χ2n) is 1.58. The molecular formula is C3H6FO6P. The molecule has 0 aromatic carbocycles. The van der Waals surface area contributed by atoms with Crippen molar-refractivity contribution in [3.8, 4) is 0 Å². The molecule has 6 nitrogen and oxygen atoms in total. The predicted molar refractivity (Wildman–Crippen MR) is 30.5 cm³/mol. The van der Waals surface area contributed by atoms with Crippen molar-refractivity contribution in [3.63, 3.8) is 0 Å². The summed E-state index contributed by atoms with van der Waals surface area (Å²) in [5.41, 5.74) is 0. The van der Waals surface area contributed by atoms with Gasteiger partial charge in [-0.15, -0.1) is 0 Å². The minimum atomic E-state index is -4.91. The average molecular weight is 188 g/mol. The zero-order valence-electron chi connectivity index (χ0n) is 5.18. The molecular weight excluding hydrogens is 182 g/mol. The summed E-state index contributed by atoms with van der Waals surface area (Å²) in [6.45, 7) is -1.49. The average Bonchev–Trinajstić information content (AvgIpc) is 1.80. The van der Waals surface area contributed by atoms with Gasteiger partial charge in [0.2, 0.25) is 0 Å². The van der Waals surface area contributed by atoms with Crippen molar-refractivity contribution in [2.24, 2.45) is 0 Å². The maximum Gasteiger partial charge on any atom is 0.470 e. The monoisotopic (exact) mass is 188 g/mol. The highest BCUT2D eigenvalue weighted by Gasteiger charge is 2.27. The van der Waals surface area contributed by atoms with Gasteiger partial charge in [0.05, 0.1) is 0 Å². The van der Waals surface area contributed by atoms with Gasteiger partial charge < -0.3 is 14.9 Å². The van der Waals surface area contributed by atoms with Crippen LogP contribution in [0.3, 0.4) is 0 Å². The van der Waals surface area contributed by atoms with E-state index < -0.39 is 26.6 Å². The van der Waals surface area contributed by atoms with Gasteiger partial charge in [0.15, 0.2) is 6.10 Å². The Balaban J connectivity index is 4.10. The summed E-state index contributed by atoms with van der Waals surface area (Å²) in [6.07, 6.45) is -2.10. The topological polar surface area (TPSA) is 104 Å². The van der Waals surface area contributed by atoms with E-state index in [0.29, 0.717) is 0 Å². The van der Waals surface area contributed by atoms with Gasteiger partial charge in [-0.3, -0.25) is 4.52 Å². The summed E-state index contributed by atoms with van der Waals surface area (Å²) in [7, 11) is -4.91. The van der Waals surface area contributed by atoms with Crippen LogP contribution in [0.2, 0.25) is 0 Å². The molecule has 0 aliphatic rings. The Morgan fingerprint density at radius 2 is 2.09 bits per heavy atom. The Morgan fingerprint density at radius 3 is 2.18 bits per heavy atom. The summed E-state index contributed by atoms with van der Waals surface area (Å²) >= 11 is 0. The number of carboxylic acid groups (broad SMARTS) is 1. The fraction of sp³-hybridized carbons (Fsp3) is 0.667. The molecule has 0 aliphatic carbocycles. The van der Waals surface area contributed by atoms with Gasteiger partial charge in [-0.2, -0.15) is 0 Å². The van der Waals surface area contributed by atoms with Gasteiger partial charge in [-0.25, -0.2) is 13.8 Å². The van der Waals surface area contributed by atoms with Crippen molar-refractivity contribution < 1.29 is 33.2 Å². The normalized spacial score (nSPS) is 14.5. The second kappa shape index (κ2) is 3.77. The predicted octanol–water partition coefficient (Wildman–Crippen LogP) is -0.482. The van der Waals surface area contributed by atoms with Crippen molar-refractivity contribution in [1.29, 1.82) is 0 Å². The first-order valence-electron chi connectivity index (χ1n) is 2.39. The van der Waals surface area contributed by atoms with E-state index in [9.17, 15) is 13.8 Å². The number of carbonyl (C=O) groups is 1. The molecule has 0 aromatic heterocycles. The lowest BCUT2D eigenvalue weighted by Gasteiger charge is -2.09. The highest BCUT2D eigenvalue weighted by atomic mass is 31.2. The molecule has 66 valence electrons. The molecule has 0 spiro atoms. The quantitative estimate of drug-likeness (QED) is 0.514. The van der Waals surface area contributed by atoms with Crippen molar-refractivity contribution in [2.75, 3.05) is 6.67 Å². The fourth-order valence-corrected chi connectivity index (χ4v) is 0.783. The first kappa shape index (κ1) is 10.5. The smallest absolute Gasteiger partial charge is 0.470 e. The standard InChI is InChI=1S/C3H6FO6P/c4-1-2(3(5)6)10-11(7,8)9/h2H,1H2,(H,5,6)(H2,7,8,9). The Morgan fingerprint density at radius 1 is 1.64 bits per heavy atom. The lowest BCUT2D eigenvalue weighted by atomic mass is 10.4. The number of hydrogen-bond donors (Lipinski definition) is 3. The molecule has 0 aromatic rings. The lowest BCUT2D eigenvalue weighted by Crippen LogP contribution is -2.24. The minimum absolute atomic E-state index is 1.49. The van der Waals surface area contributed by atoms with Gasteiger partial charge in [0, 0.05) is 0 Å². The van der Waals surface area contributed by atoms with Crippen LogP contribution >= 0.6 is 7.82 Å². The molecule has 0 radical (unpaired) electrons. The molecule has 0 rings (SSSR count). The molecule has 0 amide bonds. The van der Waals surface area contributed by atoms with Gasteiger partial charge in [-0.05, 0) is 0 Å². The van der Waals surface area contributed by atoms with E-state index in [1.54, 1.807) is 0 Å². The maximum atomic E-state index is 11.6. The summed E-state index contributed by atoms with van der Waals surface area (Å²) in [4.78, 5) is 26.0. The number of alkyl halides is 1. The van der Waals surface area contributed by atoms with Crippen molar-refractivity contribution in [1.82, 2.24) is 0 Å². The minimum Gasteiger partial charge on any atom is -0.479 e. The number of rotatable bonds is 4. The summed E-state index contributed by atoms with van der Waals surface area (Å²) in [6, 6.07) is 0. The molecule has 0 saturated heterocycles. The fourth-order valence-electron chi connectivity index (χ4n) is 0.305. The van der Waals surface area contributed by atoms with Crippen LogP contribution in [-0.2, 0) is 13.9 Å². The number of phosphoric acid groups is 1. The number of aliphatic carboxylic acids is 1. The van der Waals surface area contributed by atoms with Gasteiger partial charge in [0.25, 0.3) is 0 Å². The Bertz CT molecular complexity index is 186. The van der Waals surface area contributed by atoms with Crippen LogP contribution < -0.4 is 0 Å². The third-order valence-electron chi connectivity index (χ3n) is 0.680. The van der Waals surface area contributed by atoms with Crippen LogP contribution in [0.15, 0.2) is 0 Å². The third kappa shape index (κ3) is 4.86. The number of phosphoric ester groups is 1. The molecule has 1 atom stereocenters. The molecule has 0 bridgehead atoms. The number of carboxylic acids is 1. The van der Waals surface area contributed by atoms with E-state index in [4.69, 9.17) is 14.9 Å². The van der Waals surface area contributed by atoms with Crippen LogP contribution in [0, 0.1) is 0 Å². The maximum absolute atomic E-state index is 11.6. The van der Waals surface area contributed by atoms with E-state index in [1.807, 2.05) is 0 Å². The lowest BCUT2D eigenvalue weighted by molar-refractivity contribution is -0.146.